The van der Waals surface area contributed by atoms with Crippen LogP contribution < -0.4 is 0 Å². The van der Waals surface area contributed by atoms with Gasteiger partial charge < -0.3 is 38.0 Å². The quantitative estimate of drug-likeness (QED) is 0.0379. The van der Waals surface area contributed by atoms with Gasteiger partial charge in [0.25, 0.3) is 0 Å². The first kappa shape index (κ1) is 53.1. The lowest BCUT2D eigenvalue weighted by Crippen LogP contribution is -2.82. The largest absolute Gasteiger partial charge is 0.509 e. The van der Waals surface area contributed by atoms with Gasteiger partial charge >= 0.3 is 30.2 Å². The Labute approximate surface area is 411 Å². The number of halogens is 3. The van der Waals surface area contributed by atoms with Crippen molar-refractivity contribution in [2.75, 3.05) is 6.61 Å². The molecule has 2 saturated carbocycles. The van der Waals surface area contributed by atoms with Gasteiger partial charge in [-0.15, -0.1) is 0 Å². The zero-order valence-corrected chi connectivity index (χ0v) is 42.1. The van der Waals surface area contributed by atoms with E-state index < -0.39 is 133 Å². The molecule has 3 aromatic rings. The Morgan fingerprint density at radius 2 is 1.46 bits per heavy atom. The summed E-state index contributed by atoms with van der Waals surface area (Å²) in [7, 11) is -2.72. The van der Waals surface area contributed by atoms with Gasteiger partial charge in [-0.1, -0.05) is 95.3 Å². The number of fused-ring (bicyclic) bond motifs is 5. The maximum Gasteiger partial charge on any atom is 0.509 e. The highest BCUT2D eigenvalue weighted by atomic mass is 28.4. The Hall–Kier alpha value is -5.69. The minimum Gasteiger partial charge on any atom is -0.457 e. The van der Waals surface area contributed by atoms with Crippen molar-refractivity contribution in [2.45, 2.75) is 147 Å². The van der Waals surface area contributed by atoms with Gasteiger partial charge in [-0.05, 0) is 73.0 Å². The highest BCUT2D eigenvalue weighted by molar-refractivity contribution is 6.73. The standard InChI is InChI=1S/C53H61F3O14Si/c1-9-71(10-2,11-3)70-39-27-40-51(30-65-40,69-32(5)57)44-46(68-47(61)34-21-16-13-17-22-34)52(63)28-38(66-41(59)26-37(58)35-23-18-24-36(25-35)53(54,55)56)31(4)42(49(52,6)7)43(45(60)50(39,44)8)67-48(62)64-29-33-19-14-12-15-20-33/h12-25,38-40,43-44,46,63H,9-11,26-30H2,1-8H3/t38-,39-,40+,43+,44-,46-,50+,51-,52+/m0/s1. The van der Waals surface area contributed by atoms with Crippen molar-refractivity contribution in [1.29, 1.82) is 0 Å². The third-order valence-corrected chi connectivity index (χ3v) is 20.3. The van der Waals surface area contributed by atoms with Crippen LogP contribution in [0.3, 0.4) is 0 Å². The molecule has 3 aliphatic carbocycles. The van der Waals surface area contributed by atoms with Gasteiger partial charge in [0.2, 0.25) is 0 Å². The first-order chi connectivity index (χ1) is 33.4. The van der Waals surface area contributed by atoms with E-state index in [9.17, 15) is 42.3 Å². The van der Waals surface area contributed by atoms with E-state index in [1.54, 1.807) is 69.3 Å². The minimum absolute atomic E-state index is 0.00525. The van der Waals surface area contributed by atoms with E-state index in [2.05, 4.69) is 0 Å². The number of carbonyl (C=O) groups is 6. The maximum absolute atomic E-state index is 16.5. The summed E-state index contributed by atoms with van der Waals surface area (Å²) < 4.78 is 85.2. The molecule has 3 aromatic carbocycles. The van der Waals surface area contributed by atoms with Crippen molar-refractivity contribution in [3.8, 4) is 0 Å². The summed E-state index contributed by atoms with van der Waals surface area (Å²) in [6.45, 7) is 12.8. The van der Waals surface area contributed by atoms with E-state index in [0.717, 1.165) is 18.2 Å². The van der Waals surface area contributed by atoms with Crippen LogP contribution in [-0.2, 0) is 60.0 Å². The molecule has 0 unspecified atom stereocenters. The smallest absolute Gasteiger partial charge is 0.457 e. The van der Waals surface area contributed by atoms with Crippen LogP contribution in [0.2, 0.25) is 18.1 Å². The summed E-state index contributed by atoms with van der Waals surface area (Å²) in [6.07, 6.45) is -15.0. The first-order valence-electron chi connectivity index (χ1n) is 23.9. The topological polar surface area (TPSA) is 187 Å². The van der Waals surface area contributed by atoms with E-state index in [0.29, 0.717) is 29.8 Å². The highest BCUT2D eigenvalue weighted by Gasteiger charge is 2.79. The predicted molar refractivity (Wildman–Crippen MR) is 251 cm³/mol. The molecule has 4 aliphatic rings. The van der Waals surface area contributed by atoms with Crippen LogP contribution in [0.5, 0.6) is 0 Å². The molecule has 1 heterocycles. The SMILES string of the molecule is CC[Si](CC)(CC)O[C@H]1C[C@H]2OC[C@@]2(OC(C)=O)[C@H]2[C@H](OC(=O)c3ccccc3)[C@]3(O)C[C@H](OC(=O)CC(=O)c4cccc(C(F)(F)F)c4)C(C)=C([C@@H](OC(=O)OCc4ccccc4)C(=O)[C@]12C)C3(C)C. The number of ketones is 2. The molecule has 0 aromatic heterocycles. The molecule has 9 atom stereocenters. The molecular weight excluding hydrogens is 946 g/mol. The molecule has 7 rings (SSSR count). The molecule has 1 N–H and O–H groups in total. The molecule has 0 spiro atoms. The summed E-state index contributed by atoms with van der Waals surface area (Å²) in [4.78, 5) is 86.1. The van der Waals surface area contributed by atoms with Crippen molar-refractivity contribution >= 4 is 43.9 Å². The van der Waals surface area contributed by atoms with E-state index in [1.807, 2.05) is 20.8 Å². The van der Waals surface area contributed by atoms with Crippen LogP contribution in [0.1, 0.15) is 106 Å². The fraction of sp³-hybridized carbons (Fsp3) is 0.509. The number of alkyl halides is 3. The van der Waals surface area contributed by atoms with E-state index in [1.165, 1.54) is 26.0 Å². The van der Waals surface area contributed by atoms with E-state index in [4.69, 9.17) is 32.8 Å². The van der Waals surface area contributed by atoms with E-state index >= 15 is 4.79 Å². The van der Waals surface area contributed by atoms with Gasteiger partial charge in [0.1, 0.15) is 36.9 Å². The van der Waals surface area contributed by atoms with Gasteiger partial charge in [0.15, 0.2) is 31.6 Å². The average molecular weight is 1010 g/mol. The van der Waals surface area contributed by atoms with Crippen molar-refractivity contribution < 1.29 is 79.9 Å². The zero-order chi connectivity index (χ0) is 51.9. The molecule has 71 heavy (non-hydrogen) atoms. The van der Waals surface area contributed by atoms with Gasteiger partial charge in [-0.3, -0.25) is 19.2 Å². The maximum atomic E-state index is 16.5. The monoisotopic (exact) mass is 1010 g/mol. The highest BCUT2D eigenvalue weighted by Crippen LogP contribution is 2.65. The number of hydrogen-bond acceptors (Lipinski definition) is 14. The second-order valence-corrected chi connectivity index (χ2v) is 24.5. The lowest BCUT2D eigenvalue weighted by Gasteiger charge is -2.68. The Bertz CT molecular complexity index is 2550. The molecule has 382 valence electrons. The zero-order valence-electron chi connectivity index (χ0n) is 41.1. The van der Waals surface area contributed by atoms with E-state index in [-0.39, 0.29) is 36.3 Å². The lowest BCUT2D eigenvalue weighted by atomic mass is 9.44. The molecule has 14 nitrogen and oxygen atoms in total. The van der Waals surface area contributed by atoms with Gasteiger partial charge in [0.05, 0.1) is 35.2 Å². The molecule has 3 fully saturated rings. The Balaban J connectivity index is 1.45. The van der Waals surface area contributed by atoms with Crippen molar-refractivity contribution in [2.24, 2.45) is 16.7 Å². The Morgan fingerprint density at radius 1 is 0.845 bits per heavy atom. The number of esters is 3. The number of ether oxygens (including phenoxy) is 6. The molecule has 0 amide bonds. The van der Waals surface area contributed by atoms with Gasteiger partial charge in [-0.2, -0.15) is 13.2 Å². The van der Waals surface area contributed by atoms with Crippen LogP contribution in [0.15, 0.2) is 96.1 Å². The Kier molecular flexibility index (Phi) is 15.0. The Morgan fingerprint density at radius 3 is 2.04 bits per heavy atom. The number of carbonyl (C=O) groups excluding carboxylic acids is 6. The molecular formula is C53H61F3O14Si. The number of benzene rings is 3. The fourth-order valence-electron chi connectivity index (χ4n) is 11.5. The number of rotatable bonds is 15. The van der Waals surface area contributed by atoms with Crippen molar-refractivity contribution in [3.63, 3.8) is 0 Å². The fourth-order valence-corrected chi connectivity index (χ4v) is 14.4. The third-order valence-electron chi connectivity index (χ3n) is 15.7. The van der Waals surface area contributed by atoms with Crippen LogP contribution >= 0.6 is 0 Å². The summed E-state index contributed by atoms with van der Waals surface area (Å²) in [5.74, 6) is -6.23. The van der Waals surface area contributed by atoms with Crippen LogP contribution in [-0.4, -0.2) is 97.4 Å². The lowest BCUT2D eigenvalue weighted by molar-refractivity contribution is -0.344. The third kappa shape index (κ3) is 9.71. The van der Waals surface area contributed by atoms with Crippen LogP contribution in [0.4, 0.5) is 18.0 Å². The van der Waals surface area contributed by atoms with Crippen molar-refractivity contribution in [1.82, 2.24) is 0 Å². The molecule has 0 radical (unpaired) electrons. The second-order valence-electron chi connectivity index (χ2n) is 19.8. The minimum atomic E-state index is -4.78. The second kappa shape index (κ2) is 20.1. The first-order valence-corrected chi connectivity index (χ1v) is 26.4. The average Bonchev–Trinajstić information content (AvgIpc) is 3.33. The molecule has 1 saturated heterocycles. The molecule has 1 aliphatic heterocycles. The molecule has 18 heteroatoms. The number of aliphatic hydroxyl groups is 1. The van der Waals surface area contributed by atoms with Crippen molar-refractivity contribution in [3.05, 3.63) is 118 Å². The summed E-state index contributed by atoms with van der Waals surface area (Å²) in [5, 5.41) is 14.1. The van der Waals surface area contributed by atoms with Gasteiger partial charge in [-0.25, -0.2) is 9.59 Å². The normalized spacial score (nSPS) is 28.9. The van der Waals surface area contributed by atoms with Gasteiger partial charge in [0, 0.05) is 30.7 Å². The molecule has 2 bridgehead atoms. The number of hydrogen-bond donors (Lipinski definition) is 1. The van der Waals surface area contributed by atoms with Crippen LogP contribution in [0.25, 0.3) is 0 Å². The summed E-state index contributed by atoms with van der Waals surface area (Å²) in [6, 6.07) is 22.0. The predicted octanol–water partition coefficient (Wildman–Crippen LogP) is 9.32. The number of Topliss-reactive ketones (excluding diaryl/α,β-unsaturated/α-hetero) is 2. The summed E-state index contributed by atoms with van der Waals surface area (Å²) in [5.41, 5.74) is -8.74. The summed E-state index contributed by atoms with van der Waals surface area (Å²) >= 11 is 0. The van der Waals surface area contributed by atoms with Crippen LogP contribution in [0, 0.1) is 16.7 Å².